The Morgan fingerprint density at radius 3 is 2.85 bits per heavy atom. The van der Waals surface area contributed by atoms with Crippen LogP contribution < -0.4 is 11.1 Å². The lowest BCUT2D eigenvalue weighted by molar-refractivity contribution is 0.0602. The van der Waals surface area contributed by atoms with Crippen LogP contribution in [0.2, 0.25) is 0 Å². The number of nitrogen functional groups attached to an aromatic ring is 1. The highest BCUT2D eigenvalue weighted by Crippen LogP contribution is 2.22. The molecule has 0 saturated heterocycles. The summed E-state index contributed by atoms with van der Waals surface area (Å²) < 4.78 is 17.9. The Kier molecular flexibility index (Phi) is 3.84. The molecule has 3 N–H and O–H groups in total. The van der Waals surface area contributed by atoms with Gasteiger partial charge in [0, 0.05) is 5.69 Å². The maximum Gasteiger partial charge on any atom is 0.340 e. The fraction of sp³-hybridized carbons (Fsp3) is 0.143. The standard InChI is InChI=1S/C14H14FN3O2/c1-8-3-4-9(15)5-12(8)18-13-6-10(14(19)20-2)11(16)7-17-13/h3-7H,16H2,1-2H3,(H,17,18). The molecule has 1 aromatic heterocycles. The predicted octanol–water partition coefficient (Wildman–Crippen LogP) is 2.64. The highest BCUT2D eigenvalue weighted by Gasteiger charge is 2.12. The molecule has 0 spiro atoms. The van der Waals surface area contributed by atoms with Crippen molar-refractivity contribution in [1.29, 1.82) is 0 Å². The summed E-state index contributed by atoms with van der Waals surface area (Å²) in [6.45, 7) is 1.83. The summed E-state index contributed by atoms with van der Waals surface area (Å²) in [6, 6.07) is 5.84. The van der Waals surface area contributed by atoms with Gasteiger partial charge in [-0.05, 0) is 30.7 Å². The quantitative estimate of drug-likeness (QED) is 0.842. The minimum atomic E-state index is -0.552. The third-order valence-corrected chi connectivity index (χ3v) is 2.80. The van der Waals surface area contributed by atoms with Crippen LogP contribution in [0.1, 0.15) is 15.9 Å². The normalized spacial score (nSPS) is 10.2. The number of nitrogens with zero attached hydrogens (tertiary/aromatic N) is 1. The smallest absolute Gasteiger partial charge is 0.340 e. The number of carbonyl (C=O) groups excluding carboxylic acids is 1. The Morgan fingerprint density at radius 2 is 2.15 bits per heavy atom. The third-order valence-electron chi connectivity index (χ3n) is 2.80. The van der Waals surface area contributed by atoms with Gasteiger partial charge in [-0.1, -0.05) is 6.07 Å². The molecule has 0 fully saturated rings. The molecule has 0 aliphatic rings. The van der Waals surface area contributed by atoms with Gasteiger partial charge in [0.2, 0.25) is 0 Å². The fourth-order valence-corrected chi connectivity index (χ4v) is 1.69. The Hall–Kier alpha value is -2.63. The number of nitrogens with one attached hydrogen (secondary N) is 1. The van der Waals surface area contributed by atoms with E-state index in [1.165, 1.54) is 31.5 Å². The number of nitrogens with two attached hydrogens (primary N) is 1. The van der Waals surface area contributed by atoms with Gasteiger partial charge in [-0.25, -0.2) is 14.2 Å². The molecule has 0 unspecified atom stereocenters. The number of methoxy groups -OCH3 is 1. The molecule has 5 nitrogen and oxygen atoms in total. The highest BCUT2D eigenvalue weighted by atomic mass is 19.1. The predicted molar refractivity (Wildman–Crippen MR) is 74.4 cm³/mol. The van der Waals surface area contributed by atoms with Crippen LogP contribution in [-0.2, 0) is 4.74 Å². The molecule has 2 rings (SSSR count). The summed E-state index contributed by atoms with van der Waals surface area (Å²) in [7, 11) is 1.27. The minimum Gasteiger partial charge on any atom is -0.465 e. The summed E-state index contributed by atoms with van der Waals surface area (Å²) in [5, 5.41) is 2.95. The average molecular weight is 275 g/mol. The molecule has 0 atom stereocenters. The van der Waals surface area contributed by atoms with Crippen molar-refractivity contribution in [2.45, 2.75) is 6.92 Å². The SMILES string of the molecule is COC(=O)c1cc(Nc2cc(F)ccc2C)ncc1N. The Bertz CT molecular complexity index is 659. The van der Waals surface area contributed by atoms with E-state index in [0.717, 1.165) is 5.56 Å². The van der Waals surface area contributed by atoms with E-state index >= 15 is 0 Å². The molecule has 2 aromatic rings. The number of carbonyl (C=O) groups is 1. The minimum absolute atomic E-state index is 0.207. The summed E-state index contributed by atoms with van der Waals surface area (Å²) in [5.74, 6) is -0.529. The van der Waals surface area contributed by atoms with Crippen molar-refractivity contribution < 1.29 is 13.9 Å². The lowest BCUT2D eigenvalue weighted by atomic mass is 10.2. The van der Waals surface area contributed by atoms with Crippen LogP contribution in [0.4, 0.5) is 21.6 Å². The molecular formula is C14H14FN3O2. The van der Waals surface area contributed by atoms with Gasteiger partial charge in [0.05, 0.1) is 24.6 Å². The number of esters is 1. The highest BCUT2D eigenvalue weighted by molar-refractivity contribution is 5.95. The third kappa shape index (κ3) is 2.85. The zero-order valence-electron chi connectivity index (χ0n) is 11.1. The van der Waals surface area contributed by atoms with E-state index in [2.05, 4.69) is 15.0 Å². The van der Waals surface area contributed by atoms with Crippen molar-refractivity contribution in [1.82, 2.24) is 4.98 Å². The molecule has 0 saturated carbocycles. The molecule has 104 valence electrons. The fourth-order valence-electron chi connectivity index (χ4n) is 1.69. The van der Waals surface area contributed by atoms with E-state index < -0.39 is 5.97 Å². The number of ether oxygens (including phenoxy) is 1. The van der Waals surface area contributed by atoms with E-state index in [1.807, 2.05) is 6.92 Å². The Balaban J connectivity index is 2.34. The van der Waals surface area contributed by atoms with E-state index in [4.69, 9.17) is 5.73 Å². The van der Waals surface area contributed by atoms with Crippen LogP contribution in [0, 0.1) is 12.7 Å². The van der Waals surface area contributed by atoms with E-state index in [0.29, 0.717) is 11.5 Å². The van der Waals surface area contributed by atoms with Gasteiger partial charge >= 0.3 is 5.97 Å². The Morgan fingerprint density at radius 1 is 1.40 bits per heavy atom. The maximum absolute atomic E-state index is 13.2. The van der Waals surface area contributed by atoms with Gasteiger partial charge in [0.25, 0.3) is 0 Å². The second-order valence-corrected chi connectivity index (χ2v) is 4.23. The molecule has 0 aliphatic heterocycles. The molecule has 20 heavy (non-hydrogen) atoms. The number of pyridine rings is 1. The number of hydrogen-bond donors (Lipinski definition) is 2. The van der Waals surface area contributed by atoms with Crippen molar-refractivity contribution in [3.63, 3.8) is 0 Å². The first-order valence-electron chi connectivity index (χ1n) is 5.88. The molecule has 6 heteroatoms. The van der Waals surface area contributed by atoms with Crippen LogP contribution in [0.5, 0.6) is 0 Å². The maximum atomic E-state index is 13.2. The summed E-state index contributed by atoms with van der Waals surface area (Å²) in [4.78, 5) is 15.6. The molecule has 1 aromatic carbocycles. The first-order valence-corrected chi connectivity index (χ1v) is 5.88. The van der Waals surface area contributed by atoms with Crippen LogP contribution in [-0.4, -0.2) is 18.1 Å². The van der Waals surface area contributed by atoms with Gasteiger partial charge in [-0.3, -0.25) is 0 Å². The van der Waals surface area contributed by atoms with Crippen molar-refractivity contribution in [3.05, 3.63) is 47.4 Å². The second kappa shape index (κ2) is 5.56. The lowest BCUT2D eigenvalue weighted by Gasteiger charge is -2.10. The second-order valence-electron chi connectivity index (χ2n) is 4.23. The summed E-state index contributed by atoms with van der Waals surface area (Å²) in [6.07, 6.45) is 1.35. The number of aryl methyl sites for hydroxylation is 1. The van der Waals surface area contributed by atoms with Crippen molar-refractivity contribution >= 4 is 23.2 Å². The molecule has 0 amide bonds. The van der Waals surface area contributed by atoms with Crippen LogP contribution in [0.3, 0.4) is 0 Å². The zero-order valence-corrected chi connectivity index (χ0v) is 11.1. The van der Waals surface area contributed by atoms with Gasteiger partial charge in [0.15, 0.2) is 0 Å². The van der Waals surface area contributed by atoms with Gasteiger partial charge in [-0.15, -0.1) is 0 Å². The summed E-state index contributed by atoms with van der Waals surface area (Å²) >= 11 is 0. The van der Waals surface area contributed by atoms with Crippen molar-refractivity contribution in [2.75, 3.05) is 18.2 Å². The van der Waals surface area contributed by atoms with Crippen LogP contribution in [0.25, 0.3) is 0 Å². The molecule has 0 radical (unpaired) electrons. The number of benzene rings is 1. The van der Waals surface area contributed by atoms with Gasteiger partial charge in [0.1, 0.15) is 11.6 Å². The van der Waals surface area contributed by atoms with Gasteiger partial charge < -0.3 is 15.8 Å². The van der Waals surface area contributed by atoms with E-state index in [-0.39, 0.29) is 17.1 Å². The number of aromatic nitrogens is 1. The monoisotopic (exact) mass is 275 g/mol. The summed E-state index contributed by atoms with van der Waals surface area (Å²) in [5.41, 5.74) is 7.51. The molecule has 0 bridgehead atoms. The van der Waals surface area contributed by atoms with Crippen molar-refractivity contribution in [2.24, 2.45) is 0 Å². The topological polar surface area (TPSA) is 77.2 Å². The lowest BCUT2D eigenvalue weighted by Crippen LogP contribution is -2.07. The first kappa shape index (κ1) is 13.8. The number of halogens is 1. The van der Waals surface area contributed by atoms with E-state index in [1.54, 1.807) is 6.07 Å². The van der Waals surface area contributed by atoms with E-state index in [9.17, 15) is 9.18 Å². The van der Waals surface area contributed by atoms with Crippen LogP contribution >= 0.6 is 0 Å². The van der Waals surface area contributed by atoms with Crippen molar-refractivity contribution in [3.8, 4) is 0 Å². The Labute approximate surface area is 115 Å². The molecule has 1 heterocycles. The van der Waals surface area contributed by atoms with Gasteiger partial charge in [-0.2, -0.15) is 0 Å². The molecule has 0 aliphatic carbocycles. The number of rotatable bonds is 3. The van der Waals surface area contributed by atoms with Crippen LogP contribution in [0.15, 0.2) is 30.5 Å². The number of hydrogen-bond acceptors (Lipinski definition) is 5. The molecular weight excluding hydrogens is 261 g/mol. The largest absolute Gasteiger partial charge is 0.465 e. The first-order chi connectivity index (χ1) is 9.51. The number of anilines is 3. The zero-order chi connectivity index (χ0) is 14.7. The average Bonchev–Trinajstić information content (AvgIpc) is 2.44.